The van der Waals surface area contributed by atoms with Gasteiger partial charge in [0.15, 0.2) is 9.84 Å². The molecule has 6 rings (SSSR count). The minimum Gasteiger partial charge on any atom is -0.506 e. The van der Waals surface area contributed by atoms with Gasteiger partial charge in [0, 0.05) is 22.9 Å². The van der Waals surface area contributed by atoms with Gasteiger partial charge in [0.25, 0.3) is 0 Å². The number of ether oxygens (including phenoxy) is 2. The van der Waals surface area contributed by atoms with Gasteiger partial charge in [-0.25, -0.2) is 12.8 Å². The molecular weight excluding hydrogens is 673 g/mol. The molecule has 0 spiro atoms. The summed E-state index contributed by atoms with van der Waals surface area (Å²) in [6.07, 6.45) is -5.57. The van der Waals surface area contributed by atoms with E-state index in [1.807, 2.05) is 16.8 Å². The number of fused-ring (bicyclic) bond motifs is 1. The van der Waals surface area contributed by atoms with Crippen LogP contribution in [0.25, 0.3) is 0 Å². The Kier molecular flexibility index (Phi) is 8.66. The van der Waals surface area contributed by atoms with E-state index in [9.17, 15) is 31.5 Å². The summed E-state index contributed by atoms with van der Waals surface area (Å²) in [7, 11) is -4.21. The molecule has 4 aromatic rings. The molecule has 2 N–H and O–H groups in total. The number of aromatic hydroxyl groups is 1. The molecular formula is C34H30F4N2O6S2. The van der Waals surface area contributed by atoms with Crippen molar-refractivity contribution in [2.45, 2.75) is 45.7 Å². The second-order valence-corrected chi connectivity index (χ2v) is 15.1. The number of anilines is 2. The number of amides is 1. The van der Waals surface area contributed by atoms with Crippen LogP contribution in [0.1, 0.15) is 43.0 Å². The maximum absolute atomic E-state index is 16.3. The summed E-state index contributed by atoms with van der Waals surface area (Å²) in [6.45, 7) is 3.66. The number of carbonyl (C=O) groups is 1. The Labute approximate surface area is 278 Å². The number of rotatable bonds is 7. The highest BCUT2D eigenvalue weighted by molar-refractivity contribution is 7.95. The molecule has 2 aliphatic heterocycles. The van der Waals surface area contributed by atoms with Gasteiger partial charge in [0.05, 0.1) is 22.8 Å². The number of benzene rings is 3. The summed E-state index contributed by atoms with van der Waals surface area (Å²) in [6, 6.07) is 13.4. The Balaban J connectivity index is 1.53. The predicted molar refractivity (Wildman–Crippen MR) is 173 cm³/mol. The van der Waals surface area contributed by atoms with E-state index in [1.54, 1.807) is 13.8 Å². The van der Waals surface area contributed by atoms with E-state index >= 15 is 4.39 Å². The van der Waals surface area contributed by atoms with Crippen molar-refractivity contribution >= 4 is 38.5 Å². The summed E-state index contributed by atoms with van der Waals surface area (Å²) in [4.78, 5) is 15.2. The SMILES string of the molecule is CC1(C)CC2=C(C(c3ccc(OCc4ccsc4)cc3F)N(C(=O)Cc3ccccc3OC(F)(F)F)c3cccc(O)c3N2)S(=O)(=O)C1. The number of nitrogens with one attached hydrogen (secondary N) is 1. The van der Waals surface area contributed by atoms with E-state index < -0.39 is 51.6 Å². The van der Waals surface area contributed by atoms with Gasteiger partial charge >= 0.3 is 6.36 Å². The first-order chi connectivity index (χ1) is 22.6. The molecule has 252 valence electrons. The van der Waals surface area contributed by atoms with Crippen molar-refractivity contribution in [2.75, 3.05) is 16.0 Å². The van der Waals surface area contributed by atoms with Crippen LogP contribution in [0.2, 0.25) is 0 Å². The smallest absolute Gasteiger partial charge is 0.506 e. The van der Waals surface area contributed by atoms with Crippen LogP contribution in [-0.4, -0.2) is 31.5 Å². The van der Waals surface area contributed by atoms with E-state index in [-0.39, 0.29) is 63.4 Å². The van der Waals surface area contributed by atoms with Gasteiger partial charge in [-0.3, -0.25) is 9.69 Å². The first-order valence-corrected chi connectivity index (χ1v) is 17.4. The van der Waals surface area contributed by atoms with E-state index in [1.165, 1.54) is 59.9 Å². The van der Waals surface area contributed by atoms with Crippen LogP contribution in [0.4, 0.5) is 28.9 Å². The molecule has 1 amide bonds. The molecule has 1 atom stereocenters. The molecule has 3 heterocycles. The predicted octanol–water partition coefficient (Wildman–Crippen LogP) is 7.87. The quantitative estimate of drug-likeness (QED) is 0.149. The number of para-hydroxylation sites is 2. The van der Waals surface area contributed by atoms with Crippen molar-refractivity contribution in [3.8, 4) is 17.2 Å². The Morgan fingerprint density at radius 2 is 1.88 bits per heavy atom. The highest BCUT2D eigenvalue weighted by atomic mass is 32.2. The minimum absolute atomic E-state index is 0.00110. The standard InChI is InChI=1S/C34H30F4N2O6S2/c1-33(2)16-25-32(48(43,44)19-33)31(23-11-10-22(15-24(23)35)45-17-20-12-13-47-18-20)40(26-7-5-8-27(41)30(26)39-25)29(42)14-21-6-3-4-9-28(21)46-34(36,37)38/h3-13,15,18,31,39,41H,14,16-17,19H2,1-2H3. The molecule has 0 bridgehead atoms. The monoisotopic (exact) mass is 702 g/mol. The van der Waals surface area contributed by atoms with Crippen LogP contribution in [0.3, 0.4) is 0 Å². The summed E-state index contributed by atoms with van der Waals surface area (Å²) >= 11 is 1.47. The number of phenols is 1. The lowest BCUT2D eigenvalue weighted by Crippen LogP contribution is -2.42. The van der Waals surface area contributed by atoms with Gasteiger partial charge in [0.1, 0.15) is 41.4 Å². The van der Waals surface area contributed by atoms with Gasteiger partial charge in [-0.05, 0) is 64.6 Å². The number of alkyl halides is 3. The number of allylic oxidation sites excluding steroid dienone is 1. The number of hydrogen-bond acceptors (Lipinski definition) is 8. The van der Waals surface area contributed by atoms with E-state index in [0.29, 0.717) is 0 Å². The zero-order chi connectivity index (χ0) is 34.4. The second kappa shape index (κ2) is 12.5. The Bertz CT molecular complexity index is 2010. The fourth-order valence-corrected chi connectivity index (χ4v) is 9.15. The Hall–Kier alpha value is -4.56. The zero-order valence-electron chi connectivity index (χ0n) is 25.7. The van der Waals surface area contributed by atoms with Crippen molar-refractivity contribution in [3.05, 3.63) is 111 Å². The molecule has 0 aliphatic carbocycles. The van der Waals surface area contributed by atoms with Crippen molar-refractivity contribution in [1.29, 1.82) is 0 Å². The summed E-state index contributed by atoms with van der Waals surface area (Å²) in [5.74, 6) is -2.87. The first-order valence-electron chi connectivity index (χ1n) is 14.8. The van der Waals surface area contributed by atoms with Crippen LogP contribution >= 0.6 is 11.3 Å². The molecule has 0 fully saturated rings. The Morgan fingerprint density at radius 1 is 1.10 bits per heavy atom. The third-order valence-corrected chi connectivity index (χ3v) is 11.0. The number of nitrogens with zero attached hydrogens (tertiary/aromatic N) is 1. The summed E-state index contributed by atoms with van der Waals surface area (Å²) < 4.78 is 94.3. The molecule has 0 radical (unpaired) electrons. The number of halogens is 4. The van der Waals surface area contributed by atoms with Crippen LogP contribution < -0.4 is 19.7 Å². The first kappa shape index (κ1) is 33.3. The highest BCUT2D eigenvalue weighted by Gasteiger charge is 2.48. The normalized spacial score (nSPS) is 18.3. The van der Waals surface area contributed by atoms with Crippen LogP contribution in [0.15, 0.2) is 88.1 Å². The highest BCUT2D eigenvalue weighted by Crippen LogP contribution is 2.52. The lowest BCUT2D eigenvalue weighted by molar-refractivity contribution is -0.274. The van der Waals surface area contributed by atoms with Crippen LogP contribution in [0, 0.1) is 11.2 Å². The number of carbonyl (C=O) groups excluding carboxylic acids is 1. The second-order valence-electron chi connectivity index (χ2n) is 12.3. The molecule has 8 nitrogen and oxygen atoms in total. The lowest BCUT2D eigenvalue weighted by atomic mass is 9.88. The molecule has 48 heavy (non-hydrogen) atoms. The number of thiophene rings is 1. The molecule has 1 unspecified atom stereocenters. The summed E-state index contributed by atoms with van der Waals surface area (Å²) in [5.41, 5.74) is -0.0920. The van der Waals surface area contributed by atoms with Gasteiger partial charge in [-0.15, -0.1) is 13.2 Å². The number of phenolic OH excluding ortho intramolecular Hbond substituents is 1. The molecule has 0 saturated heterocycles. The van der Waals surface area contributed by atoms with E-state index in [0.717, 1.165) is 22.6 Å². The van der Waals surface area contributed by atoms with E-state index in [2.05, 4.69) is 10.1 Å². The number of sulfone groups is 1. The maximum Gasteiger partial charge on any atom is 0.573 e. The molecule has 1 aromatic heterocycles. The Morgan fingerprint density at radius 3 is 2.58 bits per heavy atom. The average Bonchev–Trinajstić information content (AvgIpc) is 3.45. The fraction of sp³-hybridized carbons (Fsp3) is 0.265. The maximum atomic E-state index is 16.3. The van der Waals surface area contributed by atoms with Crippen molar-refractivity contribution in [1.82, 2.24) is 0 Å². The van der Waals surface area contributed by atoms with Crippen molar-refractivity contribution in [2.24, 2.45) is 5.41 Å². The molecule has 3 aromatic carbocycles. The van der Waals surface area contributed by atoms with Crippen LogP contribution in [0.5, 0.6) is 17.2 Å². The number of hydrogen-bond donors (Lipinski definition) is 2. The van der Waals surface area contributed by atoms with Gasteiger partial charge in [0.2, 0.25) is 5.91 Å². The topological polar surface area (TPSA) is 105 Å². The largest absolute Gasteiger partial charge is 0.573 e. The van der Waals surface area contributed by atoms with Crippen molar-refractivity contribution < 1.29 is 45.4 Å². The molecule has 14 heteroatoms. The third-order valence-electron chi connectivity index (χ3n) is 7.99. The van der Waals surface area contributed by atoms with Gasteiger partial charge in [-0.2, -0.15) is 11.3 Å². The molecule has 2 aliphatic rings. The van der Waals surface area contributed by atoms with E-state index in [4.69, 9.17) is 4.74 Å². The lowest BCUT2D eigenvalue weighted by Gasteiger charge is -2.37. The average molecular weight is 703 g/mol. The van der Waals surface area contributed by atoms with Gasteiger partial charge < -0.3 is 19.9 Å². The minimum atomic E-state index is -5.05. The van der Waals surface area contributed by atoms with Crippen LogP contribution in [-0.2, 0) is 27.7 Å². The third kappa shape index (κ3) is 6.85. The van der Waals surface area contributed by atoms with Crippen molar-refractivity contribution in [3.63, 3.8) is 0 Å². The summed E-state index contributed by atoms with van der Waals surface area (Å²) in [5, 5.41) is 17.8. The zero-order valence-corrected chi connectivity index (χ0v) is 27.3. The molecule has 0 saturated carbocycles. The van der Waals surface area contributed by atoms with Gasteiger partial charge in [-0.1, -0.05) is 38.1 Å². The fourth-order valence-electron chi connectivity index (χ4n) is 6.14.